The molecule has 0 aliphatic carbocycles. The van der Waals surface area contributed by atoms with Gasteiger partial charge in [-0.2, -0.15) is 0 Å². The number of likely N-dealkylation sites (tertiary alicyclic amines) is 1. The van der Waals surface area contributed by atoms with E-state index in [2.05, 4.69) is 4.74 Å². The normalized spacial score (nSPS) is 20.0. The Morgan fingerprint density at radius 2 is 2.00 bits per heavy atom. The Hall–Kier alpha value is -1.44. The molecule has 1 heterocycles. The summed E-state index contributed by atoms with van der Waals surface area (Å²) in [6.45, 7) is 2.85. The first-order chi connectivity index (χ1) is 10.4. The summed E-state index contributed by atoms with van der Waals surface area (Å²) in [5, 5.41) is 0. The van der Waals surface area contributed by atoms with Crippen molar-refractivity contribution in [2.24, 2.45) is 0 Å². The highest BCUT2D eigenvalue weighted by atomic mass is 19.3. The second-order valence-corrected chi connectivity index (χ2v) is 5.13. The summed E-state index contributed by atoms with van der Waals surface area (Å²) in [6, 6.07) is -0.807. The highest BCUT2D eigenvalue weighted by Gasteiger charge is 2.47. The molecule has 1 saturated heterocycles. The summed E-state index contributed by atoms with van der Waals surface area (Å²) < 4.78 is 41.7. The maximum Gasteiger partial charge on any atom is 0.410 e. The second-order valence-electron chi connectivity index (χ2n) is 5.13. The van der Waals surface area contributed by atoms with E-state index in [1.165, 1.54) is 0 Å². The maximum atomic E-state index is 13.5. The standard InChI is InChI=1S/C14H23F2NO5/c1-3-5-6-22-13(19)17-10-14(15,16)7-11(17)8-20-9-12(18)21-4-2/h11H,3-10H2,1-2H3. The van der Waals surface area contributed by atoms with Crippen molar-refractivity contribution in [3.05, 3.63) is 0 Å². The minimum Gasteiger partial charge on any atom is -0.464 e. The number of esters is 1. The predicted molar refractivity (Wildman–Crippen MR) is 73.8 cm³/mol. The summed E-state index contributed by atoms with van der Waals surface area (Å²) in [5.41, 5.74) is 0. The van der Waals surface area contributed by atoms with Crippen molar-refractivity contribution in [1.82, 2.24) is 4.90 Å². The predicted octanol–water partition coefficient (Wildman–Crippen LogP) is 2.21. The first-order valence-electron chi connectivity index (χ1n) is 7.44. The third kappa shape index (κ3) is 6.13. The van der Waals surface area contributed by atoms with Gasteiger partial charge in [-0.1, -0.05) is 13.3 Å². The van der Waals surface area contributed by atoms with E-state index >= 15 is 0 Å². The lowest BCUT2D eigenvalue weighted by molar-refractivity contribution is -0.148. The summed E-state index contributed by atoms with van der Waals surface area (Å²) in [6.07, 6.45) is 0.254. The van der Waals surface area contributed by atoms with Crippen molar-refractivity contribution in [3.63, 3.8) is 0 Å². The zero-order valence-electron chi connectivity index (χ0n) is 13.0. The molecular formula is C14H23F2NO5. The lowest BCUT2D eigenvalue weighted by atomic mass is 10.2. The Labute approximate surface area is 128 Å². The van der Waals surface area contributed by atoms with Crippen LogP contribution in [0.4, 0.5) is 13.6 Å². The van der Waals surface area contributed by atoms with Crippen molar-refractivity contribution < 1.29 is 32.6 Å². The van der Waals surface area contributed by atoms with Gasteiger partial charge in [-0.3, -0.25) is 4.90 Å². The molecule has 128 valence electrons. The number of halogens is 2. The van der Waals surface area contributed by atoms with E-state index in [-0.39, 0.29) is 26.4 Å². The molecule has 1 amide bonds. The number of carbonyl (C=O) groups excluding carboxylic acids is 2. The molecule has 1 rings (SSSR count). The zero-order chi connectivity index (χ0) is 16.6. The molecular weight excluding hydrogens is 300 g/mol. The van der Waals surface area contributed by atoms with E-state index < -0.39 is 37.0 Å². The number of alkyl halides is 2. The Balaban J connectivity index is 2.46. The summed E-state index contributed by atoms with van der Waals surface area (Å²) in [4.78, 5) is 23.9. The molecule has 1 unspecified atom stereocenters. The molecule has 1 aliphatic rings. The lowest BCUT2D eigenvalue weighted by Gasteiger charge is -2.23. The molecule has 0 aromatic heterocycles. The van der Waals surface area contributed by atoms with Gasteiger partial charge in [-0.05, 0) is 13.3 Å². The van der Waals surface area contributed by atoms with Crippen LogP contribution in [0.15, 0.2) is 0 Å². The smallest absolute Gasteiger partial charge is 0.410 e. The van der Waals surface area contributed by atoms with E-state index in [0.29, 0.717) is 6.42 Å². The first kappa shape index (κ1) is 18.6. The van der Waals surface area contributed by atoms with Crippen LogP contribution in [0.25, 0.3) is 0 Å². The zero-order valence-corrected chi connectivity index (χ0v) is 13.0. The average Bonchev–Trinajstić information content (AvgIpc) is 2.74. The fourth-order valence-corrected chi connectivity index (χ4v) is 2.13. The molecule has 0 spiro atoms. The Morgan fingerprint density at radius 1 is 1.27 bits per heavy atom. The molecule has 1 fully saturated rings. The van der Waals surface area contributed by atoms with E-state index in [1.54, 1.807) is 6.92 Å². The average molecular weight is 323 g/mol. The number of hydrogen-bond acceptors (Lipinski definition) is 5. The van der Waals surface area contributed by atoms with Crippen LogP contribution in [0.3, 0.4) is 0 Å². The van der Waals surface area contributed by atoms with Gasteiger partial charge in [0, 0.05) is 6.42 Å². The molecule has 0 N–H and O–H groups in total. The number of ether oxygens (including phenoxy) is 3. The monoisotopic (exact) mass is 323 g/mol. The lowest BCUT2D eigenvalue weighted by Crippen LogP contribution is -2.39. The fourth-order valence-electron chi connectivity index (χ4n) is 2.13. The second kappa shape index (κ2) is 8.87. The molecule has 22 heavy (non-hydrogen) atoms. The van der Waals surface area contributed by atoms with Gasteiger partial charge in [0.2, 0.25) is 0 Å². The first-order valence-corrected chi connectivity index (χ1v) is 7.44. The minimum atomic E-state index is -2.97. The summed E-state index contributed by atoms with van der Waals surface area (Å²) in [5.74, 6) is -3.54. The molecule has 0 bridgehead atoms. The van der Waals surface area contributed by atoms with Gasteiger partial charge in [0.25, 0.3) is 5.92 Å². The summed E-state index contributed by atoms with van der Waals surface area (Å²) in [7, 11) is 0. The van der Waals surface area contributed by atoms with Crippen LogP contribution < -0.4 is 0 Å². The summed E-state index contributed by atoms with van der Waals surface area (Å²) >= 11 is 0. The Kier molecular flexibility index (Phi) is 7.50. The minimum absolute atomic E-state index is 0.155. The fraction of sp³-hybridized carbons (Fsp3) is 0.857. The van der Waals surface area contributed by atoms with Gasteiger partial charge in [0.1, 0.15) is 6.61 Å². The Bertz CT molecular complexity index is 378. The van der Waals surface area contributed by atoms with Crippen molar-refractivity contribution >= 4 is 12.1 Å². The maximum absolute atomic E-state index is 13.5. The molecule has 1 atom stereocenters. The van der Waals surface area contributed by atoms with Crippen LogP contribution in [-0.4, -0.2) is 61.9 Å². The van der Waals surface area contributed by atoms with Crippen LogP contribution in [0, 0.1) is 0 Å². The van der Waals surface area contributed by atoms with Gasteiger partial charge in [-0.15, -0.1) is 0 Å². The van der Waals surface area contributed by atoms with E-state index in [0.717, 1.165) is 11.3 Å². The van der Waals surface area contributed by atoms with Gasteiger partial charge in [0.05, 0.1) is 32.4 Å². The highest BCUT2D eigenvalue weighted by molar-refractivity contribution is 5.70. The molecule has 0 saturated carbocycles. The molecule has 0 aromatic carbocycles. The molecule has 1 aliphatic heterocycles. The van der Waals surface area contributed by atoms with Crippen LogP contribution in [-0.2, 0) is 19.0 Å². The SMILES string of the molecule is CCCCOC(=O)N1CC(F)(F)CC1COCC(=O)OCC. The van der Waals surface area contributed by atoms with E-state index in [9.17, 15) is 18.4 Å². The number of amides is 1. The van der Waals surface area contributed by atoms with Gasteiger partial charge in [0.15, 0.2) is 0 Å². The van der Waals surface area contributed by atoms with Crippen LogP contribution in [0.2, 0.25) is 0 Å². The largest absolute Gasteiger partial charge is 0.464 e. The highest BCUT2D eigenvalue weighted by Crippen LogP contribution is 2.32. The third-order valence-corrected chi connectivity index (χ3v) is 3.17. The van der Waals surface area contributed by atoms with Crippen molar-refractivity contribution in [3.8, 4) is 0 Å². The van der Waals surface area contributed by atoms with Crippen molar-refractivity contribution in [2.45, 2.75) is 45.1 Å². The van der Waals surface area contributed by atoms with Gasteiger partial charge in [-0.25, -0.2) is 18.4 Å². The molecule has 8 heteroatoms. The van der Waals surface area contributed by atoms with E-state index in [1.807, 2.05) is 6.92 Å². The third-order valence-electron chi connectivity index (χ3n) is 3.17. The van der Waals surface area contributed by atoms with Gasteiger partial charge < -0.3 is 14.2 Å². The van der Waals surface area contributed by atoms with Crippen molar-refractivity contribution in [1.29, 1.82) is 0 Å². The topological polar surface area (TPSA) is 65.1 Å². The van der Waals surface area contributed by atoms with Crippen LogP contribution in [0.5, 0.6) is 0 Å². The molecule has 0 aromatic rings. The number of unbranched alkanes of at least 4 members (excludes halogenated alkanes) is 1. The van der Waals surface area contributed by atoms with Gasteiger partial charge >= 0.3 is 12.1 Å². The van der Waals surface area contributed by atoms with Crippen molar-refractivity contribution in [2.75, 3.05) is 33.0 Å². The molecule has 0 radical (unpaired) electrons. The Morgan fingerprint density at radius 3 is 2.64 bits per heavy atom. The number of carbonyl (C=O) groups is 2. The van der Waals surface area contributed by atoms with E-state index in [4.69, 9.17) is 9.47 Å². The number of hydrogen-bond donors (Lipinski definition) is 0. The number of rotatable bonds is 8. The quantitative estimate of drug-likeness (QED) is 0.506. The number of nitrogens with zero attached hydrogens (tertiary/aromatic N) is 1. The van der Waals surface area contributed by atoms with Crippen LogP contribution >= 0.6 is 0 Å². The molecule has 6 nitrogen and oxygen atoms in total. The van der Waals surface area contributed by atoms with Crippen LogP contribution in [0.1, 0.15) is 33.1 Å².